The Morgan fingerprint density at radius 1 is 0.571 bits per heavy atom. The van der Waals surface area contributed by atoms with Gasteiger partial charge in [0, 0.05) is 16.7 Å². The van der Waals surface area contributed by atoms with E-state index in [1.807, 2.05) is 0 Å². The van der Waals surface area contributed by atoms with Crippen LogP contribution >= 0.6 is 0 Å². The van der Waals surface area contributed by atoms with E-state index in [0.717, 1.165) is 11.0 Å². The molecule has 0 radical (unpaired) electrons. The van der Waals surface area contributed by atoms with E-state index < -0.39 is 17.9 Å². The molecule has 15 nitrogen and oxygen atoms in total. The van der Waals surface area contributed by atoms with Crippen LogP contribution in [0.25, 0.3) is 0 Å². The average Bonchev–Trinajstić information content (AvgIpc) is 2.80. The van der Waals surface area contributed by atoms with Gasteiger partial charge in [-0.15, -0.1) is 0 Å². The second-order valence-electron chi connectivity index (χ2n) is 8.15. The summed E-state index contributed by atoms with van der Waals surface area (Å²) >= 11 is 0. The Morgan fingerprint density at radius 3 is 0.881 bits per heavy atom. The number of carboxylic acid groups (broad SMARTS) is 3. The van der Waals surface area contributed by atoms with Crippen molar-refractivity contribution in [2.75, 3.05) is 34.3 Å². The second kappa shape index (κ2) is 25.9. The summed E-state index contributed by atoms with van der Waals surface area (Å²) in [6.45, 7) is 1.11. The molecule has 0 saturated heterocycles. The summed E-state index contributed by atoms with van der Waals surface area (Å²) in [7, 11) is 6.16. The summed E-state index contributed by atoms with van der Waals surface area (Å²) in [4.78, 5) is 30.5. The van der Waals surface area contributed by atoms with Crippen LogP contribution in [0, 0.1) is 0 Å². The van der Waals surface area contributed by atoms with Gasteiger partial charge >= 0.3 is 23.1 Å². The number of phenols is 3. The number of quaternary nitrogens is 1. The van der Waals surface area contributed by atoms with E-state index in [2.05, 4.69) is 21.1 Å². The molecule has 3 aromatic rings. The number of carbonyl (C=O) groups excluding carboxylic acids is 3. The van der Waals surface area contributed by atoms with E-state index in [0.29, 0.717) is 0 Å². The summed E-state index contributed by atoms with van der Waals surface area (Å²) in [5, 5.41) is 65.4. The van der Waals surface area contributed by atoms with Crippen LogP contribution in [0.15, 0.2) is 72.8 Å². The maximum Gasteiger partial charge on any atom is 2.00 e. The van der Waals surface area contributed by atoms with E-state index in [9.17, 15) is 29.7 Å². The molecule has 0 amide bonds. The molecular formula is C26H37MgNO14. The first kappa shape index (κ1) is 50.8. The molecule has 0 atom stereocenters. The van der Waals surface area contributed by atoms with E-state index in [1.54, 1.807) is 18.2 Å². The van der Waals surface area contributed by atoms with Gasteiger partial charge in [-0.1, -0.05) is 36.4 Å². The Kier molecular flexibility index (Phi) is 31.4. The van der Waals surface area contributed by atoms with Crippen molar-refractivity contribution in [3.8, 4) is 17.2 Å². The van der Waals surface area contributed by atoms with Crippen LogP contribution in [-0.2, 0) is 0 Å². The number of benzene rings is 3. The predicted octanol–water partition coefficient (Wildman–Crippen LogP) is -4.73. The molecule has 16 heteroatoms. The van der Waals surface area contributed by atoms with E-state index in [4.69, 9.17) is 20.4 Å². The van der Waals surface area contributed by atoms with Crippen LogP contribution < -0.4 is 15.3 Å². The Labute approximate surface area is 258 Å². The number of nitrogens with zero attached hydrogens (tertiary/aromatic N) is 1. The summed E-state index contributed by atoms with van der Waals surface area (Å²) < 4.78 is 0.844. The fourth-order valence-electron chi connectivity index (χ4n) is 2.24. The topological polar surface area (TPSA) is 327 Å². The minimum absolute atomic E-state index is 0. The van der Waals surface area contributed by atoms with Gasteiger partial charge in [0.05, 0.1) is 45.7 Å². The number of aliphatic hydroxyl groups is 1. The van der Waals surface area contributed by atoms with E-state index in [1.165, 1.54) is 54.6 Å². The molecule has 0 heterocycles. The molecule has 12 N–H and O–H groups in total. The molecule has 3 rings (SSSR count). The number of para-hydroxylation sites is 3. The molecule has 0 fully saturated rings. The molecule has 0 aliphatic rings. The summed E-state index contributed by atoms with van der Waals surface area (Å²) in [6, 6.07) is 16.9. The third-order valence-electron chi connectivity index (χ3n) is 4.14. The summed E-state index contributed by atoms with van der Waals surface area (Å²) in [6.07, 6.45) is 0. The van der Waals surface area contributed by atoms with Crippen molar-refractivity contribution in [2.24, 2.45) is 0 Å². The minimum atomic E-state index is -1.36. The number of hydrogen-bond donors (Lipinski definition) is 4. The molecule has 0 aromatic heterocycles. The number of likely N-dealkylation sites (N-methyl/N-ethyl adjacent to an activating group) is 1. The molecule has 3 aromatic carbocycles. The molecule has 0 aliphatic heterocycles. The fraction of sp³-hybridized carbons (Fsp3) is 0.192. The van der Waals surface area contributed by atoms with Crippen LogP contribution in [0.4, 0.5) is 0 Å². The first-order chi connectivity index (χ1) is 17.2. The maximum atomic E-state index is 10.2. The molecule has 0 aliphatic carbocycles. The van der Waals surface area contributed by atoms with Crippen molar-refractivity contribution in [3.63, 3.8) is 0 Å². The zero-order valence-electron chi connectivity index (χ0n) is 23.2. The SMILES string of the molecule is C[N+](C)(C)CCO.O.O.O.O.O=C([O-])c1ccccc1O.O=C([O-])c1ccccc1O.O=C([O-])c1ccccc1O.[Mg+2]. The molecule has 0 unspecified atom stereocenters. The first-order valence-corrected chi connectivity index (χ1v) is 10.6. The Bertz CT molecular complexity index is 1040. The Morgan fingerprint density at radius 2 is 0.786 bits per heavy atom. The molecular weight excluding hydrogens is 575 g/mol. The van der Waals surface area contributed by atoms with Crippen molar-refractivity contribution < 1.29 is 76.5 Å². The monoisotopic (exact) mass is 611 g/mol. The van der Waals surface area contributed by atoms with Gasteiger partial charge in [0.15, 0.2) is 0 Å². The number of rotatable bonds is 5. The molecule has 0 bridgehead atoms. The van der Waals surface area contributed by atoms with Crippen LogP contribution in [-0.4, -0.2) is 122 Å². The normalized spacial score (nSPS) is 8.57. The number of carboxylic acids is 3. The van der Waals surface area contributed by atoms with Crippen molar-refractivity contribution in [1.82, 2.24) is 0 Å². The quantitative estimate of drug-likeness (QED) is 0.158. The maximum absolute atomic E-state index is 10.2. The van der Waals surface area contributed by atoms with Gasteiger partial charge in [0.25, 0.3) is 0 Å². The number of aromatic carboxylic acids is 3. The predicted molar refractivity (Wildman–Crippen MR) is 148 cm³/mol. The Balaban J connectivity index is -0.0000000998. The zero-order chi connectivity index (χ0) is 28.6. The minimum Gasteiger partial charge on any atom is -0.545 e. The fourth-order valence-corrected chi connectivity index (χ4v) is 2.24. The van der Waals surface area contributed by atoms with Gasteiger partial charge in [-0.05, 0) is 36.4 Å². The first-order valence-electron chi connectivity index (χ1n) is 10.6. The van der Waals surface area contributed by atoms with Crippen molar-refractivity contribution in [3.05, 3.63) is 89.5 Å². The molecule has 42 heavy (non-hydrogen) atoms. The smallest absolute Gasteiger partial charge is 0.545 e. The largest absolute Gasteiger partial charge is 2.00 e. The summed E-state index contributed by atoms with van der Waals surface area (Å²) in [5.41, 5.74) is -0.535. The van der Waals surface area contributed by atoms with Crippen LogP contribution in [0.3, 0.4) is 0 Å². The Hall–Kier alpha value is -4.00. The summed E-state index contributed by atoms with van der Waals surface area (Å²) in [5.74, 6) is -4.87. The van der Waals surface area contributed by atoms with Gasteiger partial charge < -0.3 is 76.5 Å². The van der Waals surface area contributed by atoms with Crippen molar-refractivity contribution in [1.29, 1.82) is 0 Å². The standard InChI is InChI=1S/3C7H6O3.C5H14NO.Mg.4H2O/c3*8-6-4-2-1-3-5(6)7(9)10;1-6(2,3)4-5-7;;;;;/h3*1-4,8H,(H,9,10);7H,4-5H2,1-3H3;;4*1H2/q;;;+1;+2;;;;/p-3. The van der Waals surface area contributed by atoms with Gasteiger partial charge in [0.2, 0.25) is 0 Å². The van der Waals surface area contributed by atoms with Gasteiger partial charge in [-0.25, -0.2) is 0 Å². The van der Waals surface area contributed by atoms with E-state index >= 15 is 0 Å². The molecule has 0 spiro atoms. The van der Waals surface area contributed by atoms with Crippen LogP contribution in [0.2, 0.25) is 0 Å². The van der Waals surface area contributed by atoms with Crippen LogP contribution in [0.1, 0.15) is 31.1 Å². The van der Waals surface area contributed by atoms with Gasteiger partial charge in [-0.2, -0.15) is 0 Å². The van der Waals surface area contributed by atoms with Gasteiger partial charge in [-0.3, -0.25) is 0 Å². The number of aliphatic hydroxyl groups excluding tert-OH is 1. The van der Waals surface area contributed by atoms with Crippen LogP contribution in [0.5, 0.6) is 17.2 Å². The van der Waals surface area contributed by atoms with Crippen molar-refractivity contribution in [2.45, 2.75) is 0 Å². The zero-order valence-corrected chi connectivity index (χ0v) is 24.6. The second-order valence-corrected chi connectivity index (χ2v) is 8.15. The average molecular weight is 612 g/mol. The molecule has 232 valence electrons. The third-order valence-corrected chi connectivity index (χ3v) is 4.14. The third kappa shape index (κ3) is 21.8. The number of aromatic hydroxyl groups is 3. The van der Waals surface area contributed by atoms with Crippen molar-refractivity contribution >= 4 is 41.0 Å². The van der Waals surface area contributed by atoms with E-state index in [-0.39, 0.29) is 85.5 Å². The molecule has 0 saturated carbocycles. The number of carbonyl (C=O) groups is 3. The number of hydrogen-bond acceptors (Lipinski definition) is 10. The van der Waals surface area contributed by atoms with Gasteiger partial charge in [0.1, 0.15) is 23.8 Å².